The predicted molar refractivity (Wildman–Crippen MR) is 86.9 cm³/mol. The van der Waals surface area contributed by atoms with E-state index in [1.165, 1.54) is 18.3 Å². The van der Waals surface area contributed by atoms with Crippen molar-refractivity contribution in [1.29, 1.82) is 0 Å². The Kier molecular flexibility index (Phi) is 4.26. The molecule has 1 amide bonds. The summed E-state index contributed by atoms with van der Waals surface area (Å²) in [6.07, 6.45) is -0.145. The van der Waals surface area contributed by atoms with Crippen molar-refractivity contribution in [3.63, 3.8) is 0 Å². The van der Waals surface area contributed by atoms with Gasteiger partial charge in [-0.05, 0) is 29.8 Å². The van der Waals surface area contributed by atoms with Gasteiger partial charge in [0.05, 0.1) is 30.2 Å². The fourth-order valence-corrected chi connectivity index (χ4v) is 2.32. The summed E-state index contributed by atoms with van der Waals surface area (Å²) in [6, 6.07) is 6.61. The van der Waals surface area contributed by atoms with Gasteiger partial charge in [0, 0.05) is 5.39 Å². The van der Waals surface area contributed by atoms with Gasteiger partial charge in [0.15, 0.2) is 5.65 Å². The number of aromatic nitrogens is 3. The second kappa shape index (κ2) is 6.39. The predicted octanol–water partition coefficient (Wildman–Crippen LogP) is 3.62. The molecule has 128 valence electrons. The van der Waals surface area contributed by atoms with Crippen LogP contribution < -0.4 is 5.32 Å². The summed E-state index contributed by atoms with van der Waals surface area (Å²) in [5.74, 6) is -0.349. The van der Waals surface area contributed by atoms with Crippen LogP contribution in [0.3, 0.4) is 0 Å². The first-order valence-electron chi connectivity index (χ1n) is 7.28. The number of amides is 1. The maximum atomic E-state index is 12.6. The highest BCUT2D eigenvalue weighted by Crippen LogP contribution is 2.29. The smallest absolute Gasteiger partial charge is 0.321 e. The first-order valence-corrected chi connectivity index (χ1v) is 7.28. The Bertz CT molecular complexity index is 929. The molecule has 0 aliphatic heterocycles. The standard InChI is InChI=1S/C17H13F3N4O/c1-2-15(25)23-14-7-12-8-22-24(16(12)21-9-14)10-11-3-5-13(6-4-11)17(18,19)20/h2-9H,1,10H2,(H,23,25). The number of fused-ring (bicyclic) bond motifs is 1. The number of benzene rings is 1. The van der Waals surface area contributed by atoms with Crippen molar-refractivity contribution in [2.75, 3.05) is 5.32 Å². The monoisotopic (exact) mass is 346 g/mol. The molecule has 0 fully saturated rings. The van der Waals surface area contributed by atoms with E-state index < -0.39 is 11.7 Å². The molecule has 0 aliphatic carbocycles. The highest BCUT2D eigenvalue weighted by molar-refractivity contribution is 5.99. The van der Waals surface area contributed by atoms with Gasteiger partial charge in [-0.15, -0.1) is 0 Å². The van der Waals surface area contributed by atoms with Crippen molar-refractivity contribution in [2.45, 2.75) is 12.7 Å². The molecule has 5 nitrogen and oxygen atoms in total. The van der Waals surface area contributed by atoms with Crippen molar-refractivity contribution < 1.29 is 18.0 Å². The average Bonchev–Trinajstić information content (AvgIpc) is 2.96. The first-order chi connectivity index (χ1) is 11.9. The summed E-state index contributed by atoms with van der Waals surface area (Å²) in [6.45, 7) is 3.66. The van der Waals surface area contributed by atoms with Gasteiger partial charge in [-0.1, -0.05) is 18.7 Å². The van der Waals surface area contributed by atoms with E-state index in [0.29, 0.717) is 22.3 Å². The van der Waals surface area contributed by atoms with E-state index >= 15 is 0 Å². The van der Waals surface area contributed by atoms with E-state index in [1.807, 2.05) is 0 Å². The molecule has 2 aromatic heterocycles. The zero-order valence-electron chi connectivity index (χ0n) is 12.9. The van der Waals surface area contributed by atoms with E-state index in [-0.39, 0.29) is 12.5 Å². The molecule has 0 radical (unpaired) electrons. The lowest BCUT2D eigenvalue weighted by molar-refractivity contribution is -0.137. The van der Waals surface area contributed by atoms with Gasteiger partial charge >= 0.3 is 6.18 Å². The minimum absolute atomic E-state index is 0.285. The molecule has 0 saturated carbocycles. The summed E-state index contributed by atoms with van der Waals surface area (Å²) in [7, 11) is 0. The zero-order valence-corrected chi connectivity index (χ0v) is 12.9. The first kappa shape index (κ1) is 16.7. The lowest BCUT2D eigenvalue weighted by Gasteiger charge is -2.08. The summed E-state index contributed by atoms with van der Waals surface area (Å²) >= 11 is 0. The molecular formula is C17H13F3N4O. The molecule has 25 heavy (non-hydrogen) atoms. The van der Waals surface area contributed by atoms with Gasteiger partial charge in [0.2, 0.25) is 5.91 Å². The summed E-state index contributed by atoms with van der Waals surface area (Å²) in [5.41, 5.74) is 1.05. The molecule has 1 N–H and O–H groups in total. The number of pyridine rings is 1. The minimum Gasteiger partial charge on any atom is -0.321 e. The number of carbonyl (C=O) groups is 1. The van der Waals surface area contributed by atoms with Crippen LogP contribution in [0.4, 0.5) is 18.9 Å². The molecule has 8 heteroatoms. The van der Waals surface area contributed by atoms with Crippen molar-refractivity contribution >= 4 is 22.6 Å². The van der Waals surface area contributed by atoms with Crippen LogP contribution >= 0.6 is 0 Å². The molecule has 0 aliphatic rings. The Hall–Kier alpha value is -3.16. The maximum Gasteiger partial charge on any atom is 0.416 e. The van der Waals surface area contributed by atoms with Gasteiger partial charge < -0.3 is 5.32 Å². The fraction of sp³-hybridized carbons (Fsp3) is 0.118. The van der Waals surface area contributed by atoms with E-state index in [0.717, 1.165) is 18.2 Å². The molecule has 0 atom stereocenters. The van der Waals surface area contributed by atoms with Crippen LogP contribution in [0.5, 0.6) is 0 Å². The van der Waals surface area contributed by atoms with Crippen molar-refractivity contribution in [2.24, 2.45) is 0 Å². The molecule has 0 spiro atoms. The number of rotatable bonds is 4. The fourth-order valence-electron chi connectivity index (χ4n) is 2.32. The van der Waals surface area contributed by atoms with Gasteiger partial charge in [-0.2, -0.15) is 18.3 Å². The molecule has 2 heterocycles. The van der Waals surface area contributed by atoms with Crippen LogP contribution in [0.2, 0.25) is 0 Å². The molecule has 0 bridgehead atoms. The van der Waals surface area contributed by atoms with Crippen LogP contribution in [0, 0.1) is 0 Å². The Labute approximate surface area is 140 Å². The lowest BCUT2D eigenvalue weighted by atomic mass is 10.1. The quantitative estimate of drug-likeness (QED) is 0.734. The maximum absolute atomic E-state index is 12.6. The molecule has 3 aromatic rings. The second-order valence-corrected chi connectivity index (χ2v) is 5.33. The molecule has 0 unspecified atom stereocenters. The third kappa shape index (κ3) is 3.68. The van der Waals surface area contributed by atoms with E-state index in [9.17, 15) is 18.0 Å². The Morgan fingerprint density at radius 1 is 1.24 bits per heavy atom. The average molecular weight is 346 g/mol. The van der Waals surface area contributed by atoms with Gasteiger partial charge in [0.25, 0.3) is 0 Å². The third-order valence-corrected chi connectivity index (χ3v) is 3.54. The Balaban J connectivity index is 1.82. The van der Waals surface area contributed by atoms with Crippen molar-refractivity contribution in [3.05, 3.63) is 66.5 Å². The van der Waals surface area contributed by atoms with E-state index in [1.54, 1.807) is 16.9 Å². The van der Waals surface area contributed by atoms with Crippen LogP contribution in [0.1, 0.15) is 11.1 Å². The topological polar surface area (TPSA) is 59.8 Å². The van der Waals surface area contributed by atoms with Crippen LogP contribution in [-0.4, -0.2) is 20.7 Å². The van der Waals surface area contributed by atoms with E-state index in [4.69, 9.17) is 0 Å². The number of alkyl halides is 3. The zero-order chi connectivity index (χ0) is 18.0. The van der Waals surface area contributed by atoms with Crippen LogP contribution in [0.25, 0.3) is 11.0 Å². The summed E-state index contributed by atoms with van der Waals surface area (Å²) < 4.78 is 39.4. The third-order valence-electron chi connectivity index (χ3n) is 3.54. The van der Waals surface area contributed by atoms with Gasteiger partial charge in [-0.3, -0.25) is 4.79 Å². The molecular weight excluding hydrogens is 333 g/mol. The second-order valence-electron chi connectivity index (χ2n) is 5.33. The molecule has 3 rings (SSSR count). The molecule has 0 saturated heterocycles. The largest absolute Gasteiger partial charge is 0.416 e. The lowest BCUT2D eigenvalue weighted by Crippen LogP contribution is -2.08. The Morgan fingerprint density at radius 2 is 1.96 bits per heavy atom. The number of nitrogens with one attached hydrogen (secondary N) is 1. The van der Waals surface area contributed by atoms with Crippen LogP contribution in [0.15, 0.2) is 55.4 Å². The number of hydrogen-bond donors (Lipinski definition) is 1. The number of halogens is 3. The van der Waals surface area contributed by atoms with Crippen molar-refractivity contribution in [1.82, 2.24) is 14.8 Å². The molecule has 1 aromatic carbocycles. The van der Waals surface area contributed by atoms with E-state index in [2.05, 4.69) is 22.0 Å². The summed E-state index contributed by atoms with van der Waals surface area (Å²) in [5, 5.41) is 7.50. The van der Waals surface area contributed by atoms with Gasteiger partial charge in [0.1, 0.15) is 0 Å². The number of carbonyl (C=O) groups excluding carboxylic acids is 1. The minimum atomic E-state index is -4.36. The summed E-state index contributed by atoms with van der Waals surface area (Å²) in [4.78, 5) is 15.6. The normalized spacial score (nSPS) is 11.5. The highest BCUT2D eigenvalue weighted by atomic mass is 19.4. The number of nitrogens with zero attached hydrogens (tertiary/aromatic N) is 3. The SMILES string of the molecule is C=CC(=O)Nc1cnc2c(cnn2Cc2ccc(C(F)(F)F)cc2)c1. The highest BCUT2D eigenvalue weighted by Gasteiger charge is 2.29. The Morgan fingerprint density at radius 3 is 2.60 bits per heavy atom. The number of hydrogen-bond acceptors (Lipinski definition) is 3. The van der Waals surface area contributed by atoms with Crippen LogP contribution in [-0.2, 0) is 17.5 Å². The number of anilines is 1. The van der Waals surface area contributed by atoms with Crippen molar-refractivity contribution in [3.8, 4) is 0 Å². The van der Waals surface area contributed by atoms with Gasteiger partial charge in [-0.25, -0.2) is 9.67 Å².